The van der Waals surface area contributed by atoms with Gasteiger partial charge < -0.3 is 5.32 Å². The molecule has 3 nitrogen and oxygen atoms in total. The Morgan fingerprint density at radius 3 is 3.00 bits per heavy atom. The van der Waals surface area contributed by atoms with Crippen LogP contribution >= 0.6 is 27.3 Å². The number of fused-ring (bicyclic) bond motifs is 1. The molecule has 0 saturated carbocycles. The number of H-pyrrole nitrogens is 1. The predicted molar refractivity (Wildman–Crippen MR) is 80.2 cm³/mol. The number of anilines is 1. The van der Waals surface area contributed by atoms with Crippen LogP contribution in [0.5, 0.6) is 0 Å². The molecule has 1 aromatic carbocycles. The summed E-state index contributed by atoms with van der Waals surface area (Å²) in [6.45, 7) is 2.16. The van der Waals surface area contributed by atoms with Crippen LogP contribution in [0.3, 0.4) is 0 Å². The average Bonchev–Trinajstić information content (AvgIpc) is 2.97. The molecule has 0 amide bonds. The normalized spacial score (nSPS) is 12.8. The number of halogens is 1. The van der Waals surface area contributed by atoms with E-state index in [9.17, 15) is 0 Å². The predicted octanol–water partition coefficient (Wildman–Crippen LogP) is 4.56. The Hall–Kier alpha value is -1.33. The molecule has 1 atom stereocenters. The number of aromatic amines is 1. The van der Waals surface area contributed by atoms with Crippen molar-refractivity contribution in [3.8, 4) is 0 Å². The van der Waals surface area contributed by atoms with E-state index in [4.69, 9.17) is 0 Å². The summed E-state index contributed by atoms with van der Waals surface area (Å²) in [7, 11) is 0. The molecule has 2 heterocycles. The standard InChI is InChI=1S/C13H12BrN3S/c1-8(12-5-6-13(14)18-12)16-10-3-2-4-11-9(10)7-15-17-11/h2-8,16H,1H3,(H,15,17). The van der Waals surface area contributed by atoms with Crippen molar-refractivity contribution in [2.24, 2.45) is 0 Å². The molecule has 3 aromatic rings. The summed E-state index contributed by atoms with van der Waals surface area (Å²) in [5.41, 5.74) is 2.16. The van der Waals surface area contributed by atoms with E-state index in [1.54, 1.807) is 11.3 Å². The summed E-state index contributed by atoms with van der Waals surface area (Å²) < 4.78 is 1.16. The molecule has 1 unspecified atom stereocenters. The molecular weight excluding hydrogens is 310 g/mol. The third kappa shape index (κ3) is 2.15. The fraction of sp³-hybridized carbons (Fsp3) is 0.154. The van der Waals surface area contributed by atoms with Gasteiger partial charge in [0, 0.05) is 16.0 Å². The molecule has 0 aliphatic rings. The van der Waals surface area contributed by atoms with Crippen LogP contribution in [0.1, 0.15) is 17.8 Å². The van der Waals surface area contributed by atoms with Gasteiger partial charge in [-0.2, -0.15) is 5.10 Å². The molecule has 0 radical (unpaired) electrons. The Bertz CT molecular complexity index is 673. The van der Waals surface area contributed by atoms with Gasteiger partial charge in [-0.3, -0.25) is 5.10 Å². The van der Waals surface area contributed by atoms with E-state index < -0.39 is 0 Å². The van der Waals surface area contributed by atoms with Crippen molar-refractivity contribution in [1.29, 1.82) is 0 Å². The van der Waals surface area contributed by atoms with Gasteiger partial charge in [0.25, 0.3) is 0 Å². The summed E-state index contributed by atoms with van der Waals surface area (Å²) in [4.78, 5) is 1.31. The lowest BCUT2D eigenvalue weighted by molar-refractivity contribution is 0.910. The van der Waals surface area contributed by atoms with Crippen molar-refractivity contribution in [2.45, 2.75) is 13.0 Å². The van der Waals surface area contributed by atoms with Crippen LogP contribution in [-0.4, -0.2) is 10.2 Å². The number of aromatic nitrogens is 2. The van der Waals surface area contributed by atoms with Crippen molar-refractivity contribution in [3.63, 3.8) is 0 Å². The highest BCUT2D eigenvalue weighted by atomic mass is 79.9. The summed E-state index contributed by atoms with van der Waals surface area (Å²) in [5.74, 6) is 0. The van der Waals surface area contributed by atoms with Crippen LogP contribution in [0.4, 0.5) is 5.69 Å². The molecule has 0 aliphatic carbocycles. The number of benzene rings is 1. The minimum Gasteiger partial charge on any atom is -0.377 e. The van der Waals surface area contributed by atoms with Crippen molar-refractivity contribution >= 4 is 43.9 Å². The highest BCUT2D eigenvalue weighted by Gasteiger charge is 2.10. The number of hydrogen-bond acceptors (Lipinski definition) is 3. The first-order chi connectivity index (χ1) is 8.74. The van der Waals surface area contributed by atoms with Gasteiger partial charge in [-0.25, -0.2) is 0 Å². The van der Waals surface area contributed by atoms with Crippen LogP contribution in [0.15, 0.2) is 40.3 Å². The Labute approximate surface area is 117 Å². The topological polar surface area (TPSA) is 40.7 Å². The molecular formula is C13H12BrN3S. The molecule has 5 heteroatoms. The zero-order chi connectivity index (χ0) is 12.5. The van der Waals surface area contributed by atoms with Gasteiger partial charge in [-0.05, 0) is 47.1 Å². The zero-order valence-electron chi connectivity index (χ0n) is 9.77. The highest BCUT2D eigenvalue weighted by Crippen LogP contribution is 2.31. The SMILES string of the molecule is CC(Nc1cccc2[nH]ncc12)c1ccc(Br)s1. The van der Waals surface area contributed by atoms with E-state index in [-0.39, 0.29) is 6.04 Å². The van der Waals surface area contributed by atoms with Crippen LogP contribution in [-0.2, 0) is 0 Å². The van der Waals surface area contributed by atoms with Crippen molar-refractivity contribution in [2.75, 3.05) is 5.32 Å². The largest absolute Gasteiger partial charge is 0.377 e. The second-order valence-corrected chi connectivity index (χ2v) is 6.64. The Kier molecular flexibility index (Phi) is 3.09. The third-order valence-corrected chi connectivity index (χ3v) is 4.68. The van der Waals surface area contributed by atoms with Crippen LogP contribution in [0.2, 0.25) is 0 Å². The average molecular weight is 322 g/mol. The lowest BCUT2D eigenvalue weighted by atomic mass is 10.2. The van der Waals surface area contributed by atoms with Crippen molar-refractivity contribution < 1.29 is 0 Å². The lowest BCUT2D eigenvalue weighted by Crippen LogP contribution is -2.04. The summed E-state index contributed by atoms with van der Waals surface area (Å²) in [6, 6.07) is 10.6. The van der Waals surface area contributed by atoms with Crippen LogP contribution in [0.25, 0.3) is 10.9 Å². The van der Waals surface area contributed by atoms with Crippen LogP contribution in [0, 0.1) is 0 Å². The van der Waals surface area contributed by atoms with Crippen LogP contribution < -0.4 is 5.32 Å². The third-order valence-electron chi connectivity index (χ3n) is 2.88. The molecule has 0 fully saturated rings. The zero-order valence-corrected chi connectivity index (χ0v) is 12.2. The molecule has 2 N–H and O–H groups in total. The summed E-state index contributed by atoms with van der Waals surface area (Å²) >= 11 is 5.25. The molecule has 18 heavy (non-hydrogen) atoms. The van der Waals surface area contributed by atoms with Gasteiger partial charge in [0.05, 0.1) is 21.5 Å². The number of hydrogen-bond donors (Lipinski definition) is 2. The van der Waals surface area contributed by atoms with Gasteiger partial charge in [-0.1, -0.05) is 6.07 Å². The quantitative estimate of drug-likeness (QED) is 0.742. The second kappa shape index (κ2) is 4.74. The summed E-state index contributed by atoms with van der Waals surface area (Å²) in [5, 5.41) is 11.7. The minimum atomic E-state index is 0.279. The van der Waals surface area contributed by atoms with Gasteiger partial charge in [-0.15, -0.1) is 11.3 Å². The molecule has 0 saturated heterocycles. The fourth-order valence-corrected chi connectivity index (χ4v) is 3.39. The van der Waals surface area contributed by atoms with E-state index in [1.807, 2.05) is 18.3 Å². The van der Waals surface area contributed by atoms with Crippen molar-refractivity contribution in [3.05, 3.63) is 45.2 Å². The molecule has 0 spiro atoms. The summed E-state index contributed by atoms with van der Waals surface area (Å²) in [6.07, 6.45) is 1.86. The first-order valence-corrected chi connectivity index (χ1v) is 7.29. The van der Waals surface area contributed by atoms with Gasteiger partial charge in [0.15, 0.2) is 0 Å². The van der Waals surface area contributed by atoms with E-state index in [2.05, 4.69) is 56.6 Å². The maximum Gasteiger partial charge on any atom is 0.0702 e. The molecule has 0 aliphatic heterocycles. The maximum atomic E-state index is 4.08. The number of nitrogens with one attached hydrogen (secondary N) is 2. The number of thiophene rings is 1. The maximum absolute atomic E-state index is 4.08. The molecule has 0 bridgehead atoms. The van der Waals surface area contributed by atoms with Crippen molar-refractivity contribution in [1.82, 2.24) is 10.2 Å². The first kappa shape index (κ1) is 11.7. The lowest BCUT2D eigenvalue weighted by Gasteiger charge is -2.14. The van der Waals surface area contributed by atoms with E-state index in [0.29, 0.717) is 0 Å². The van der Waals surface area contributed by atoms with Gasteiger partial charge >= 0.3 is 0 Å². The second-order valence-electron chi connectivity index (χ2n) is 4.14. The van der Waals surface area contributed by atoms with Gasteiger partial charge in [0.2, 0.25) is 0 Å². The van der Waals surface area contributed by atoms with E-state index >= 15 is 0 Å². The number of rotatable bonds is 3. The minimum absolute atomic E-state index is 0.279. The monoisotopic (exact) mass is 321 g/mol. The Morgan fingerprint density at radius 1 is 1.33 bits per heavy atom. The Balaban J connectivity index is 1.90. The fourth-order valence-electron chi connectivity index (χ4n) is 1.96. The Morgan fingerprint density at radius 2 is 2.22 bits per heavy atom. The highest BCUT2D eigenvalue weighted by molar-refractivity contribution is 9.11. The van der Waals surface area contributed by atoms with E-state index in [0.717, 1.165) is 20.4 Å². The van der Waals surface area contributed by atoms with E-state index in [1.165, 1.54) is 4.88 Å². The first-order valence-electron chi connectivity index (χ1n) is 5.68. The molecule has 3 rings (SSSR count). The van der Waals surface area contributed by atoms with Gasteiger partial charge in [0.1, 0.15) is 0 Å². The molecule has 2 aromatic heterocycles. The molecule has 92 valence electrons. The number of nitrogens with zero attached hydrogens (tertiary/aromatic N) is 1. The smallest absolute Gasteiger partial charge is 0.0702 e.